The zero-order valence-corrected chi connectivity index (χ0v) is 55.9. The van der Waals surface area contributed by atoms with E-state index in [-0.39, 0.29) is 103 Å². The van der Waals surface area contributed by atoms with E-state index in [1.165, 1.54) is 35.9 Å². The Kier molecular flexibility index (Phi) is 24.4. The summed E-state index contributed by atoms with van der Waals surface area (Å²) in [5.41, 5.74) is 10.4. The van der Waals surface area contributed by atoms with Crippen LogP contribution in [0.1, 0.15) is 100 Å². The maximum absolute atomic E-state index is 14.4. The number of aryl methyl sites for hydroxylation is 2. The quantitative estimate of drug-likeness (QED) is 0.0176. The third kappa shape index (κ3) is 17.8. The standard InChI is InChI=1S/C68H88ClN9O16/c1-41-16-15-21-56(88-10)68(87)36-55(92-65(85)73-68)43(3)62-67(5,94-62)57(35-60(82)76(8)54-32-45(30-41)31-42(2)61(54)69)93-64(84)44(4)75(7)59(81)23-26-89-28-29-90-27-24-71-63(83)46(34-58(70)80)33-48(79)22-25-78-38-47(72-40-78)37-74(6)77(9)66(86)91-39-53-51-19-13-11-17-49(51)50-18-12-14-20-52(50)53/h11-21,31-32,38,40,43-44,46,53,55-57,62,87H,22-30,33-37,39H2,1-10H3,(H2,70,80)(H,71,83)(H,73,85)/b21-15+,41-16+/t43-,44+,46+,55+,56-,57+,62?,67+,68-/m1/s1. The van der Waals surface area contributed by atoms with Gasteiger partial charge in [-0.15, -0.1) is 0 Å². The van der Waals surface area contributed by atoms with Crippen LogP contribution in [-0.4, -0.2) is 194 Å². The van der Waals surface area contributed by atoms with E-state index in [4.69, 9.17) is 50.5 Å². The van der Waals surface area contributed by atoms with Crippen LogP contribution in [0.3, 0.4) is 0 Å². The van der Waals surface area contributed by atoms with E-state index in [1.807, 2.05) is 56.3 Å². The van der Waals surface area contributed by atoms with E-state index in [2.05, 4.69) is 39.9 Å². The number of primary amides is 1. The van der Waals surface area contributed by atoms with Crippen molar-refractivity contribution < 1.29 is 76.6 Å². The molecule has 5 N–H and O–H groups in total. The zero-order valence-electron chi connectivity index (χ0n) is 55.1. The lowest BCUT2D eigenvalue weighted by molar-refractivity contribution is -0.162. The molecule has 4 heterocycles. The number of alkyl carbamates (subject to hydrolysis) is 1. The van der Waals surface area contributed by atoms with Crippen LogP contribution in [0.5, 0.6) is 0 Å². The van der Waals surface area contributed by atoms with E-state index in [0.717, 1.165) is 39.0 Å². The highest BCUT2D eigenvalue weighted by Gasteiger charge is 2.64. The maximum atomic E-state index is 14.4. The number of likely N-dealkylation sites (N-methyl/N-ethyl adjacent to an activating group) is 1. The number of fused-ring (bicyclic) bond motifs is 8. The van der Waals surface area contributed by atoms with Gasteiger partial charge in [-0.25, -0.2) is 29.4 Å². The number of ketones is 1. The molecular formula is C68H88ClN9O16. The number of nitrogens with one attached hydrogen (secondary N) is 2. The molecule has 0 radical (unpaired) electrons. The van der Waals surface area contributed by atoms with Crippen molar-refractivity contribution in [1.82, 2.24) is 35.1 Å². The van der Waals surface area contributed by atoms with Gasteiger partial charge in [0, 0.05) is 92.1 Å². The van der Waals surface area contributed by atoms with E-state index < -0.39 is 95.4 Å². The van der Waals surface area contributed by atoms with Gasteiger partial charge in [-0.2, -0.15) is 0 Å². The Labute approximate surface area is 553 Å². The number of amides is 6. The van der Waals surface area contributed by atoms with Crippen LogP contribution in [0.25, 0.3) is 11.1 Å². The molecule has 25 nitrogen and oxygen atoms in total. The molecule has 4 aliphatic rings. The first-order valence-electron chi connectivity index (χ1n) is 31.5. The number of esters is 1. The molecule has 2 fully saturated rings. The smallest absolute Gasteiger partial charge is 0.424 e. The second kappa shape index (κ2) is 31.9. The van der Waals surface area contributed by atoms with Crippen LogP contribution in [0.4, 0.5) is 15.3 Å². The molecule has 1 aliphatic carbocycles. The SMILES string of the molecule is CO[C@@H]1/C=C/C=C(\C)Cc2cc(C)c(Cl)c(c2)N(C)C(=O)C[C@H](OC(=O)[C@H](C)N(C)C(=O)CCOCCOCCNC(=O)[C@H](CC(N)=O)CC(=O)CCn2cnc(CN(C)N(C)C(=O)OCC3c4ccccc4-c4ccccc43)c2)[C@]2(C)OC2[C@H](C)[C@@H]2C[C@]1(O)NC(=O)O2. The zero-order chi connectivity index (χ0) is 68.2. The summed E-state index contributed by atoms with van der Waals surface area (Å²) in [6, 6.07) is 18.9. The van der Waals surface area contributed by atoms with Crippen LogP contribution >= 0.6 is 11.6 Å². The molecule has 3 aromatic carbocycles. The third-order valence-corrected chi connectivity index (χ3v) is 18.5. The lowest BCUT2D eigenvalue weighted by Gasteiger charge is -2.42. The van der Waals surface area contributed by atoms with Gasteiger partial charge in [0.25, 0.3) is 0 Å². The van der Waals surface area contributed by atoms with Gasteiger partial charge in [-0.1, -0.05) is 96.9 Å². The number of aromatic nitrogens is 2. The summed E-state index contributed by atoms with van der Waals surface area (Å²) in [6.07, 6.45) is 2.81. The monoisotopic (exact) mass is 1320 g/mol. The normalized spacial score (nSPS) is 23.4. The van der Waals surface area contributed by atoms with Crippen LogP contribution in [0, 0.1) is 18.8 Å². The number of carbonyl (C=O) groups is 8. The minimum absolute atomic E-state index is 0.0254. The van der Waals surface area contributed by atoms with Gasteiger partial charge >= 0.3 is 18.2 Å². The van der Waals surface area contributed by atoms with Gasteiger partial charge in [0.2, 0.25) is 23.6 Å². The lowest BCUT2D eigenvalue weighted by Crippen LogP contribution is -2.63. The Bertz CT molecular complexity index is 3440. The predicted octanol–water partition coefficient (Wildman–Crippen LogP) is 6.32. The van der Waals surface area contributed by atoms with Gasteiger partial charge in [0.1, 0.15) is 42.3 Å². The largest absolute Gasteiger partial charge is 0.457 e. The average Bonchev–Trinajstić information content (AvgIpc) is 1.57. The van der Waals surface area contributed by atoms with Crippen molar-refractivity contribution in [3.8, 4) is 11.1 Å². The number of hydrogen-bond acceptors (Lipinski definition) is 18. The third-order valence-electron chi connectivity index (χ3n) is 18.0. The molecule has 6 amide bonds. The summed E-state index contributed by atoms with van der Waals surface area (Å²) in [6.45, 7) is 9.73. The molecule has 1 unspecified atom stereocenters. The minimum atomic E-state index is -1.87. The van der Waals surface area contributed by atoms with Crippen molar-refractivity contribution in [1.29, 1.82) is 0 Å². The summed E-state index contributed by atoms with van der Waals surface area (Å²) in [4.78, 5) is 114. The number of carbonyl (C=O) groups excluding carboxylic acids is 8. The van der Waals surface area contributed by atoms with Gasteiger partial charge in [-0.3, -0.25) is 29.3 Å². The maximum Gasteiger partial charge on any atom is 0.424 e. The molecule has 94 heavy (non-hydrogen) atoms. The highest BCUT2D eigenvalue weighted by atomic mass is 35.5. The summed E-state index contributed by atoms with van der Waals surface area (Å²) < 4.78 is 42.7. The molecule has 0 saturated carbocycles. The van der Waals surface area contributed by atoms with Crippen LogP contribution in [0.2, 0.25) is 5.02 Å². The first-order valence-corrected chi connectivity index (χ1v) is 31.9. The highest BCUT2D eigenvalue weighted by Crippen LogP contribution is 2.49. The molecule has 8 rings (SSSR count). The van der Waals surface area contributed by atoms with E-state index in [0.29, 0.717) is 22.8 Å². The Morgan fingerprint density at radius 1 is 0.957 bits per heavy atom. The van der Waals surface area contributed by atoms with E-state index in [9.17, 15) is 43.5 Å². The van der Waals surface area contributed by atoms with Crippen molar-refractivity contribution in [2.45, 2.75) is 140 Å². The first kappa shape index (κ1) is 71.8. The molecule has 2 saturated heterocycles. The van der Waals surface area contributed by atoms with Gasteiger partial charge in [0.15, 0.2) is 5.72 Å². The molecule has 0 spiro atoms. The summed E-state index contributed by atoms with van der Waals surface area (Å²) >= 11 is 6.84. The fourth-order valence-corrected chi connectivity index (χ4v) is 12.4. The number of imidazole rings is 1. The number of ether oxygens (including phenoxy) is 7. The Morgan fingerprint density at radius 3 is 2.32 bits per heavy atom. The molecule has 4 bridgehead atoms. The number of hydrazine groups is 1. The fourth-order valence-electron chi connectivity index (χ4n) is 12.2. The number of benzene rings is 3. The Balaban J connectivity index is 0.749. The number of nitrogens with two attached hydrogens (primary N) is 1. The topological polar surface area (TPSA) is 306 Å². The molecule has 508 valence electrons. The molecule has 4 aromatic rings. The minimum Gasteiger partial charge on any atom is -0.457 e. The van der Waals surface area contributed by atoms with Crippen molar-refractivity contribution in [2.24, 2.45) is 17.6 Å². The fraction of sp³-hybridized carbons (Fsp3) is 0.515. The second-order valence-electron chi connectivity index (χ2n) is 24.9. The second-order valence-corrected chi connectivity index (χ2v) is 25.3. The summed E-state index contributed by atoms with van der Waals surface area (Å²) in [5.74, 6) is -4.90. The predicted molar refractivity (Wildman–Crippen MR) is 346 cm³/mol. The number of methoxy groups -OCH3 is 1. The molecule has 9 atom stereocenters. The number of rotatable bonds is 26. The number of hydrogen-bond donors (Lipinski definition) is 4. The van der Waals surface area contributed by atoms with E-state index in [1.54, 1.807) is 69.2 Å². The Hall–Kier alpha value is -8.04. The van der Waals surface area contributed by atoms with Gasteiger partial charge in [-0.05, 0) is 73.6 Å². The van der Waals surface area contributed by atoms with Crippen LogP contribution in [0.15, 0.2) is 97.0 Å². The number of anilines is 1. The molecule has 1 aromatic heterocycles. The lowest BCUT2D eigenvalue weighted by atomic mass is 9.83. The van der Waals surface area contributed by atoms with Crippen molar-refractivity contribution in [3.63, 3.8) is 0 Å². The van der Waals surface area contributed by atoms with Crippen molar-refractivity contribution in [3.05, 3.63) is 130 Å². The number of aliphatic hydroxyl groups is 1. The number of allylic oxidation sites excluding steroid dienone is 3. The molecule has 26 heteroatoms. The van der Waals surface area contributed by atoms with Gasteiger partial charge in [0.05, 0.1) is 80.6 Å². The van der Waals surface area contributed by atoms with Gasteiger partial charge < -0.3 is 63.7 Å². The van der Waals surface area contributed by atoms with Crippen LogP contribution in [-0.2, 0) is 81.4 Å². The average molecular weight is 1320 g/mol. The number of halogens is 1. The number of nitrogens with zero attached hydrogens (tertiary/aromatic N) is 6. The summed E-state index contributed by atoms with van der Waals surface area (Å²) in [5, 5.41) is 20.5. The number of Topliss-reactive ketones (excluding diaryl/α,β-unsaturated/α-hetero) is 1. The van der Waals surface area contributed by atoms with Crippen LogP contribution < -0.4 is 21.3 Å². The highest BCUT2D eigenvalue weighted by molar-refractivity contribution is 6.34. The van der Waals surface area contributed by atoms with E-state index >= 15 is 0 Å². The molecular weight excluding hydrogens is 1230 g/mol. The summed E-state index contributed by atoms with van der Waals surface area (Å²) in [7, 11) is 7.80. The van der Waals surface area contributed by atoms with Crippen molar-refractivity contribution in [2.75, 3.05) is 79.8 Å². The molecule has 3 aliphatic heterocycles. The Morgan fingerprint density at radius 2 is 1.64 bits per heavy atom. The first-order chi connectivity index (χ1) is 44.7. The van der Waals surface area contributed by atoms with Crippen molar-refractivity contribution >= 4 is 64.9 Å². The number of epoxide rings is 1.